The van der Waals surface area contributed by atoms with E-state index in [0.717, 1.165) is 0 Å². The Morgan fingerprint density at radius 1 is 0.963 bits per heavy atom. The SMILES string of the molecule is CC(C)C1=Cc2cccnc2C(C2CCN(C(C)C)CC2)c2ccccc21. The summed E-state index contributed by atoms with van der Waals surface area (Å²) >= 11 is 0. The minimum Gasteiger partial charge on any atom is -0.301 e. The maximum absolute atomic E-state index is 4.92. The Balaban J connectivity index is 1.80. The van der Waals surface area contributed by atoms with Crippen molar-refractivity contribution in [3.63, 3.8) is 0 Å². The average molecular weight is 361 g/mol. The zero-order chi connectivity index (χ0) is 19.0. The van der Waals surface area contributed by atoms with Crippen LogP contribution in [0.15, 0.2) is 42.6 Å². The van der Waals surface area contributed by atoms with Gasteiger partial charge in [0.2, 0.25) is 0 Å². The molecule has 1 aliphatic heterocycles. The second-order valence-electron chi connectivity index (χ2n) is 8.76. The predicted molar refractivity (Wildman–Crippen MR) is 115 cm³/mol. The van der Waals surface area contributed by atoms with Crippen LogP contribution < -0.4 is 0 Å². The number of aromatic nitrogens is 1. The Kier molecular flexibility index (Phi) is 5.19. The van der Waals surface area contributed by atoms with Gasteiger partial charge in [-0.05, 0) is 86.0 Å². The summed E-state index contributed by atoms with van der Waals surface area (Å²) < 4.78 is 0. The number of nitrogens with zero attached hydrogens (tertiary/aromatic N) is 2. The number of pyridine rings is 1. The molecule has 0 radical (unpaired) electrons. The zero-order valence-corrected chi connectivity index (χ0v) is 17.2. The molecule has 1 atom stereocenters. The van der Waals surface area contributed by atoms with Crippen LogP contribution in [-0.4, -0.2) is 29.0 Å². The first-order chi connectivity index (χ1) is 13.1. The lowest BCUT2D eigenvalue weighted by atomic mass is 9.75. The van der Waals surface area contributed by atoms with E-state index >= 15 is 0 Å². The number of likely N-dealkylation sites (tertiary alicyclic amines) is 1. The number of hydrogen-bond donors (Lipinski definition) is 0. The second-order valence-corrected chi connectivity index (χ2v) is 8.76. The molecule has 1 fully saturated rings. The molecule has 2 aromatic rings. The van der Waals surface area contributed by atoms with Crippen molar-refractivity contribution in [2.45, 2.75) is 52.5 Å². The van der Waals surface area contributed by atoms with Gasteiger partial charge >= 0.3 is 0 Å². The van der Waals surface area contributed by atoms with Crippen LogP contribution in [0.4, 0.5) is 0 Å². The molecular formula is C25H32N2. The molecule has 1 saturated heterocycles. The quantitative estimate of drug-likeness (QED) is 0.683. The molecule has 142 valence electrons. The molecule has 2 heterocycles. The fraction of sp³-hybridized carbons (Fsp3) is 0.480. The van der Waals surface area contributed by atoms with Crippen LogP contribution in [0.25, 0.3) is 11.6 Å². The number of fused-ring (bicyclic) bond motifs is 2. The first kappa shape index (κ1) is 18.4. The number of rotatable bonds is 3. The molecule has 2 aliphatic rings. The molecule has 2 nitrogen and oxygen atoms in total. The van der Waals surface area contributed by atoms with Crippen molar-refractivity contribution in [3.05, 3.63) is 65.0 Å². The molecule has 0 N–H and O–H groups in total. The van der Waals surface area contributed by atoms with Crippen LogP contribution in [0.3, 0.4) is 0 Å². The molecule has 1 unspecified atom stereocenters. The van der Waals surface area contributed by atoms with Crippen molar-refractivity contribution in [2.75, 3.05) is 13.1 Å². The molecule has 0 saturated carbocycles. The largest absolute Gasteiger partial charge is 0.301 e. The van der Waals surface area contributed by atoms with Crippen LogP contribution in [-0.2, 0) is 0 Å². The van der Waals surface area contributed by atoms with Gasteiger partial charge in [0.05, 0.1) is 5.69 Å². The van der Waals surface area contributed by atoms with Gasteiger partial charge in [-0.1, -0.05) is 44.2 Å². The van der Waals surface area contributed by atoms with Crippen molar-refractivity contribution >= 4 is 11.6 Å². The fourth-order valence-electron chi connectivity index (χ4n) is 4.96. The molecule has 4 rings (SSSR count). The second kappa shape index (κ2) is 7.59. The summed E-state index contributed by atoms with van der Waals surface area (Å²) in [4.78, 5) is 7.55. The molecule has 2 heteroatoms. The van der Waals surface area contributed by atoms with E-state index < -0.39 is 0 Å². The van der Waals surface area contributed by atoms with E-state index in [4.69, 9.17) is 4.98 Å². The molecule has 0 bridgehead atoms. The highest BCUT2D eigenvalue weighted by atomic mass is 15.1. The van der Waals surface area contributed by atoms with Gasteiger partial charge in [-0.15, -0.1) is 0 Å². The van der Waals surface area contributed by atoms with Gasteiger partial charge in [0, 0.05) is 18.2 Å². The third kappa shape index (κ3) is 3.48. The summed E-state index contributed by atoms with van der Waals surface area (Å²) in [5.74, 6) is 1.56. The summed E-state index contributed by atoms with van der Waals surface area (Å²) in [6, 6.07) is 14.1. The first-order valence-electron chi connectivity index (χ1n) is 10.6. The van der Waals surface area contributed by atoms with Crippen LogP contribution in [0.5, 0.6) is 0 Å². The number of benzene rings is 1. The maximum atomic E-state index is 4.92. The molecular weight excluding hydrogens is 328 g/mol. The van der Waals surface area contributed by atoms with Crippen molar-refractivity contribution in [2.24, 2.45) is 11.8 Å². The van der Waals surface area contributed by atoms with E-state index in [2.05, 4.69) is 75.1 Å². The Morgan fingerprint density at radius 3 is 2.41 bits per heavy atom. The summed E-state index contributed by atoms with van der Waals surface area (Å²) in [6.07, 6.45) is 6.88. The van der Waals surface area contributed by atoms with Crippen molar-refractivity contribution in [1.29, 1.82) is 0 Å². The minimum atomic E-state index is 0.402. The Hall–Kier alpha value is -1.93. The third-order valence-corrected chi connectivity index (χ3v) is 6.48. The Labute approximate surface area is 164 Å². The van der Waals surface area contributed by atoms with Crippen molar-refractivity contribution in [3.8, 4) is 0 Å². The van der Waals surface area contributed by atoms with Crippen LogP contribution in [0.1, 0.15) is 68.8 Å². The predicted octanol–water partition coefficient (Wildman–Crippen LogP) is 5.84. The smallest absolute Gasteiger partial charge is 0.0553 e. The van der Waals surface area contributed by atoms with Crippen molar-refractivity contribution in [1.82, 2.24) is 9.88 Å². The van der Waals surface area contributed by atoms with Gasteiger partial charge in [-0.25, -0.2) is 0 Å². The third-order valence-electron chi connectivity index (χ3n) is 6.48. The van der Waals surface area contributed by atoms with Crippen LogP contribution in [0, 0.1) is 11.8 Å². The molecule has 27 heavy (non-hydrogen) atoms. The molecule has 0 amide bonds. The van der Waals surface area contributed by atoms with Crippen LogP contribution in [0.2, 0.25) is 0 Å². The minimum absolute atomic E-state index is 0.402. The maximum Gasteiger partial charge on any atom is 0.0553 e. The summed E-state index contributed by atoms with van der Waals surface area (Å²) in [7, 11) is 0. The Morgan fingerprint density at radius 2 is 1.70 bits per heavy atom. The molecule has 1 aromatic heterocycles. The highest BCUT2D eigenvalue weighted by Crippen LogP contribution is 2.45. The lowest BCUT2D eigenvalue weighted by Crippen LogP contribution is -2.40. The fourth-order valence-corrected chi connectivity index (χ4v) is 4.96. The van der Waals surface area contributed by atoms with Gasteiger partial charge in [0.25, 0.3) is 0 Å². The molecule has 0 spiro atoms. The normalized spacial score (nSPS) is 21.0. The van der Waals surface area contributed by atoms with E-state index in [1.165, 1.54) is 53.9 Å². The number of piperidine rings is 1. The van der Waals surface area contributed by atoms with Gasteiger partial charge in [-0.2, -0.15) is 0 Å². The van der Waals surface area contributed by atoms with E-state index in [1.807, 2.05) is 6.20 Å². The molecule has 1 aliphatic carbocycles. The van der Waals surface area contributed by atoms with E-state index in [1.54, 1.807) is 0 Å². The highest BCUT2D eigenvalue weighted by Gasteiger charge is 2.34. The highest BCUT2D eigenvalue weighted by molar-refractivity contribution is 5.86. The lowest BCUT2D eigenvalue weighted by Gasteiger charge is -2.38. The zero-order valence-electron chi connectivity index (χ0n) is 17.2. The summed E-state index contributed by atoms with van der Waals surface area (Å²) in [5.41, 5.74) is 6.96. The molecule has 1 aromatic carbocycles. The van der Waals surface area contributed by atoms with Crippen molar-refractivity contribution < 1.29 is 0 Å². The first-order valence-corrected chi connectivity index (χ1v) is 10.6. The van der Waals surface area contributed by atoms with E-state index in [0.29, 0.717) is 23.8 Å². The van der Waals surface area contributed by atoms with Crippen LogP contribution >= 0.6 is 0 Å². The standard InChI is InChI=1S/C25H32N2/c1-17(2)23-16-20-8-7-13-26-25(20)24(22-10-6-5-9-21(22)23)19-11-14-27(15-12-19)18(3)4/h5-10,13,16-19,24H,11-12,14-15H2,1-4H3. The average Bonchev–Trinajstić information content (AvgIpc) is 2.82. The topological polar surface area (TPSA) is 16.1 Å². The monoisotopic (exact) mass is 360 g/mol. The summed E-state index contributed by atoms with van der Waals surface area (Å²) in [6.45, 7) is 11.6. The van der Waals surface area contributed by atoms with E-state index in [9.17, 15) is 0 Å². The Bertz CT molecular complexity index is 826. The van der Waals surface area contributed by atoms with Gasteiger partial charge in [0.1, 0.15) is 0 Å². The van der Waals surface area contributed by atoms with Gasteiger partial charge < -0.3 is 4.90 Å². The van der Waals surface area contributed by atoms with Gasteiger partial charge in [-0.3, -0.25) is 4.98 Å². The number of hydrogen-bond acceptors (Lipinski definition) is 2. The van der Waals surface area contributed by atoms with E-state index in [-0.39, 0.29) is 0 Å². The summed E-state index contributed by atoms with van der Waals surface area (Å²) in [5, 5.41) is 0. The van der Waals surface area contributed by atoms with Gasteiger partial charge in [0.15, 0.2) is 0 Å². The number of allylic oxidation sites excluding steroid dienone is 1. The lowest BCUT2D eigenvalue weighted by molar-refractivity contribution is 0.142.